The molecule has 0 spiro atoms. The molecule has 3 rings (SSSR count). The van der Waals surface area contributed by atoms with Crippen molar-refractivity contribution in [2.75, 3.05) is 0 Å². The van der Waals surface area contributed by atoms with Crippen LogP contribution < -0.4 is 0 Å². The van der Waals surface area contributed by atoms with Crippen LogP contribution in [0.4, 0.5) is 13.2 Å². The average molecular weight is 344 g/mol. The molecule has 0 amide bonds. The molecule has 0 unspecified atom stereocenters. The third-order valence-corrected chi connectivity index (χ3v) is 3.63. The van der Waals surface area contributed by atoms with Crippen LogP contribution >= 0.6 is 11.6 Å². The SMILES string of the molecule is O=C(O)c1ccc(Cn2ccc3cc(C(F)(F)F)cc(Cl)c32)o1. The number of hydrogen-bond donors (Lipinski definition) is 1. The molecule has 23 heavy (non-hydrogen) atoms. The van der Waals surface area contributed by atoms with Gasteiger partial charge in [0.2, 0.25) is 5.76 Å². The summed E-state index contributed by atoms with van der Waals surface area (Å²) >= 11 is 5.99. The molecule has 2 heterocycles. The fourth-order valence-corrected chi connectivity index (χ4v) is 2.67. The van der Waals surface area contributed by atoms with Gasteiger partial charge in [0, 0.05) is 11.6 Å². The number of halogens is 4. The van der Waals surface area contributed by atoms with Crippen LogP contribution in [0.25, 0.3) is 10.9 Å². The second-order valence-corrected chi connectivity index (χ2v) is 5.32. The van der Waals surface area contributed by atoms with Crippen LogP contribution in [0, 0.1) is 0 Å². The smallest absolute Gasteiger partial charge is 0.416 e. The molecular weight excluding hydrogens is 335 g/mol. The molecule has 8 heteroatoms. The number of aromatic nitrogens is 1. The zero-order chi connectivity index (χ0) is 16.8. The Morgan fingerprint density at radius 1 is 1.26 bits per heavy atom. The van der Waals surface area contributed by atoms with Gasteiger partial charge in [-0.15, -0.1) is 0 Å². The summed E-state index contributed by atoms with van der Waals surface area (Å²) in [5.41, 5.74) is -0.396. The maximum atomic E-state index is 12.8. The fourth-order valence-electron chi connectivity index (χ4n) is 2.34. The van der Waals surface area contributed by atoms with Crippen LogP contribution in [0.3, 0.4) is 0 Å². The van der Waals surface area contributed by atoms with Crippen molar-refractivity contribution in [2.24, 2.45) is 0 Å². The summed E-state index contributed by atoms with van der Waals surface area (Å²) in [5.74, 6) is -1.04. The minimum Gasteiger partial charge on any atom is -0.475 e. The molecule has 0 saturated carbocycles. The predicted octanol–water partition coefficient (Wildman–Crippen LogP) is 4.65. The summed E-state index contributed by atoms with van der Waals surface area (Å²) in [4.78, 5) is 10.8. The highest BCUT2D eigenvalue weighted by atomic mass is 35.5. The number of carbonyl (C=O) groups is 1. The van der Waals surface area contributed by atoms with E-state index in [9.17, 15) is 18.0 Å². The highest BCUT2D eigenvalue weighted by Crippen LogP contribution is 2.35. The van der Waals surface area contributed by atoms with E-state index in [2.05, 4.69) is 0 Å². The predicted molar refractivity (Wildman–Crippen MR) is 76.7 cm³/mol. The molecule has 0 bridgehead atoms. The van der Waals surface area contributed by atoms with Gasteiger partial charge < -0.3 is 14.1 Å². The zero-order valence-corrected chi connectivity index (χ0v) is 12.1. The summed E-state index contributed by atoms with van der Waals surface area (Å²) in [6, 6.07) is 6.20. The lowest BCUT2D eigenvalue weighted by atomic mass is 10.1. The summed E-state index contributed by atoms with van der Waals surface area (Å²) in [6.07, 6.45) is -2.91. The third kappa shape index (κ3) is 2.92. The van der Waals surface area contributed by atoms with E-state index in [1.807, 2.05) is 0 Å². The number of alkyl halides is 3. The van der Waals surface area contributed by atoms with Crippen molar-refractivity contribution in [3.8, 4) is 0 Å². The maximum absolute atomic E-state index is 12.8. The number of hydrogen-bond acceptors (Lipinski definition) is 2. The summed E-state index contributed by atoms with van der Waals surface area (Å²) in [5, 5.41) is 9.12. The van der Waals surface area contributed by atoms with Gasteiger partial charge in [-0.3, -0.25) is 0 Å². The molecule has 0 aliphatic carbocycles. The molecule has 1 N–H and O–H groups in total. The van der Waals surface area contributed by atoms with E-state index in [1.165, 1.54) is 18.2 Å². The molecule has 120 valence electrons. The highest BCUT2D eigenvalue weighted by molar-refractivity contribution is 6.35. The summed E-state index contributed by atoms with van der Waals surface area (Å²) in [6.45, 7) is 0.155. The van der Waals surface area contributed by atoms with Gasteiger partial charge in [-0.25, -0.2) is 4.79 Å². The number of fused-ring (bicyclic) bond motifs is 1. The number of nitrogens with zero attached hydrogens (tertiary/aromatic N) is 1. The molecule has 0 aliphatic heterocycles. The molecule has 3 aromatic rings. The van der Waals surface area contributed by atoms with Gasteiger partial charge in [0.1, 0.15) is 5.76 Å². The quantitative estimate of drug-likeness (QED) is 0.753. The first-order valence-electron chi connectivity index (χ1n) is 6.43. The Kier molecular flexibility index (Phi) is 3.60. The van der Waals surface area contributed by atoms with Crippen LogP contribution in [0.1, 0.15) is 21.9 Å². The number of furan rings is 1. The monoisotopic (exact) mass is 343 g/mol. The summed E-state index contributed by atoms with van der Waals surface area (Å²) < 4.78 is 45.1. The lowest BCUT2D eigenvalue weighted by Gasteiger charge is -2.09. The van der Waals surface area contributed by atoms with Crippen LogP contribution in [0.15, 0.2) is 40.9 Å². The van der Waals surface area contributed by atoms with Crippen molar-refractivity contribution in [3.05, 3.63) is 58.6 Å². The van der Waals surface area contributed by atoms with Gasteiger partial charge in [-0.2, -0.15) is 13.2 Å². The van der Waals surface area contributed by atoms with Crippen molar-refractivity contribution in [1.82, 2.24) is 4.57 Å². The van der Waals surface area contributed by atoms with Gasteiger partial charge in [-0.05, 0) is 30.3 Å². The van der Waals surface area contributed by atoms with Gasteiger partial charge in [0.25, 0.3) is 0 Å². The van der Waals surface area contributed by atoms with E-state index in [0.717, 1.165) is 12.1 Å². The van der Waals surface area contributed by atoms with E-state index in [1.54, 1.807) is 10.8 Å². The molecule has 2 aromatic heterocycles. The zero-order valence-electron chi connectivity index (χ0n) is 11.4. The second kappa shape index (κ2) is 5.34. The molecule has 0 atom stereocenters. The fraction of sp³-hybridized carbons (Fsp3) is 0.133. The summed E-state index contributed by atoms with van der Waals surface area (Å²) in [7, 11) is 0. The van der Waals surface area contributed by atoms with Crippen LogP contribution in [-0.2, 0) is 12.7 Å². The lowest BCUT2D eigenvalue weighted by molar-refractivity contribution is -0.137. The van der Waals surface area contributed by atoms with Crippen LogP contribution in [0.5, 0.6) is 0 Å². The maximum Gasteiger partial charge on any atom is 0.416 e. The Balaban J connectivity index is 2.00. The Morgan fingerprint density at radius 3 is 2.61 bits per heavy atom. The molecular formula is C15H9ClF3NO3. The number of carboxylic acid groups (broad SMARTS) is 1. The number of rotatable bonds is 3. The van der Waals surface area contributed by atoms with Crippen molar-refractivity contribution in [3.63, 3.8) is 0 Å². The van der Waals surface area contributed by atoms with Crippen molar-refractivity contribution in [2.45, 2.75) is 12.7 Å². The molecule has 4 nitrogen and oxygen atoms in total. The van der Waals surface area contributed by atoms with Crippen LogP contribution in [-0.4, -0.2) is 15.6 Å². The first-order chi connectivity index (χ1) is 10.8. The molecule has 0 saturated heterocycles. The van der Waals surface area contributed by atoms with Gasteiger partial charge >= 0.3 is 12.1 Å². The Morgan fingerprint density at radius 2 is 2.00 bits per heavy atom. The molecule has 1 aromatic carbocycles. The topological polar surface area (TPSA) is 55.4 Å². The number of carboxylic acids is 1. The molecule has 0 aliphatic rings. The van der Waals surface area contributed by atoms with Crippen molar-refractivity contribution in [1.29, 1.82) is 0 Å². The van der Waals surface area contributed by atoms with Crippen molar-refractivity contribution < 1.29 is 27.5 Å². The average Bonchev–Trinajstić information content (AvgIpc) is 3.06. The normalized spacial score (nSPS) is 12.0. The standard InChI is InChI=1S/C15H9ClF3NO3/c16-11-6-9(15(17,18)19)5-8-3-4-20(13(8)11)7-10-1-2-12(23-10)14(21)22/h1-6H,7H2,(H,21,22). The van der Waals surface area contributed by atoms with E-state index < -0.39 is 17.7 Å². The Hall–Kier alpha value is -2.41. The number of benzene rings is 1. The van der Waals surface area contributed by atoms with Gasteiger partial charge in [0.15, 0.2) is 0 Å². The minimum absolute atomic E-state index is 0.0372. The number of aromatic carboxylic acids is 1. The molecule has 0 fully saturated rings. The lowest BCUT2D eigenvalue weighted by Crippen LogP contribution is -2.05. The minimum atomic E-state index is -4.47. The van der Waals surface area contributed by atoms with E-state index in [4.69, 9.17) is 21.1 Å². The first-order valence-corrected chi connectivity index (χ1v) is 6.81. The van der Waals surface area contributed by atoms with E-state index in [-0.39, 0.29) is 17.3 Å². The third-order valence-electron chi connectivity index (χ3n) is 3.34. The Labute approximate surface area is 132 Å². The van der Waals surface area contributed by atoms with E-state index >= 15 is 0 Å². The highest BCUT2D eigenvalue weighted by Gasteiger charge is 2.31. The van der Waals surface area contributed by atoms with E-state index in [0.29, 0.717) is 16.7 Å². The second-order valence-electron chi connectivity index (χ2n) is 4.91. The largest absolute Gasteiger partial charge is 0.475 e. The van der Waals surface area contributed by atoms with Crippen LogP contribution in [0.2, 0.25) is 5.02 Å². The van der Waals surface area contributed by atoms with Gasteiger partial charge in [-0.1, -0.05) is 11.6 Å². The molecule has 0 radical (unpaired) electrons. The van der Waals surface area contributed by atoms with Crippen molar-refractivity contribution >= 4 is 28.5 Å². The van der Waals surface area contributed by atoms with Gasteiger partial charge in [0.05, 0.1) is 22.6 Å². The first kappa shape index (κ1) is 15.5. The Bertz CT molecular complexity index is 895.